The molecule has 0 spiro atoms. The van der Waals surface area contributed by atoms with Gasteiger partial charge in [-0.3, -0.25) is 14.6 Å². The van der Waals surface area contributed by atoms with Crippen LogP contribution in [0.3, 0.4) is 0 Å². The molecule has 0 aliphatic carbocycles. The van der Waals surface area contributed by atoms with Crippen molar-refractivity contribution >= 4 is 39.3 Å². The first-order valence-corrected chi connectivity index (χ1v) is 28.8. The molecule has 0 saturated carbocycles. The maximum atomic E-state index is 15.7. The van der Waals surface area contributed by atoms with E-state index in [-0.39, 0.29) is 67.0 Å². The predicted molar refractivity (Wildman–Crippen MR) is 311 cm³/mol. The van der Waals surface area contributed by atoms with Gasteiger partial charge in [-0.2, -0.15) is 9.97 Å². The summed E-state index contributed by atoms with van der Waals surface area (Å²) in [4.78, 5) is 47.7. The summed E-state index contributed by atoms with van der Waals surface area (Å²) in [6, 6.07) is 29.1. The number of aliphatic hydroxyl groups is 1. The molecule has 424 valence electrons. The van der Waals surface area contributed by atoms with E-state index >= 15 is 4.39 Å². The van der Waals surface area contributed by atoms with Crippen LogP contribution in [-0.4, -0.2) is 120 Å². The minimum atomic E-state index is -0.879. The summed E-state index contributed by atoms with van der Waals surface area (Å²) < 4.78 is 36.5. The van der Waals surface area contributed by atoms with Gasteiger partial charge in [0.2, 0.25) is 11.8 Å². The normalized spacial score (nSPS) is 20.0. The number of aromatic nitrogens is 6. The number of halogens is 1. The number of ether oxygens (including phenoxy) is 3. The molecule has 12 rings (SSSR count). The van der Waals surface area contributed by atoms with Crippen LogP contribution in [0.1, 0.15) is 94.1 Å². The van der Waals surface area contributed by atoms with Gasteiger partial charge in [0.25, 0.3) is 0 Å². The zero-order chi connectivity index (χ0) is 56.8. The van der Waals surface area contributed by atoms with E-state index in [2.05, 4.69) is 44.9 Å². The Morgan fingerprint density at radius 2 is 1.63 bits per heavy atom. The molecule has 4 aliphatic rings. The van der Waals surface area contributed by atoms with E-state index in [9.17, 15) is 19.8 Å². The quantitative estimate of drug-likeness (QED) is 0.0712. The van der Waals surface area contributed by atoms with Crippen LogP contribution in [0.2, 0.25) is 0 Å². The van der Waals surface area contributed by atoms with E-state index in [1.165, 1.54) is 16.5 Å². The average molecular weight is 1110 g/mol. The van der Waals surface area contributed by atoms with Gasteiger partial charge >= 0.3 is 6.01 Å². The number of carbonyl (C=O) groups excluding carboxylic acids is 2. The van der Waals surface area contributed by atoms with Crippen LogP contribution < -0.4 is 25.0 Å². The number of phenols is 1. The number of piperazine rings is 1. The maximum absolute atomic E-state index is 15.7. The van der Waals surface area contributed by atoms with E-state index in [0.29, 0.717) is 100 Å². The van der Waals surface area contributed by atoms with E-state index in [1.54, 1.807) is 35.3 Å². The third-order valence-electron chi connectivity index (χ3n) is 16.8. The van der Waals surface area contributed by atoms with Crippen molar-refractivity contribution < 1.29 is 38.4 Å². The van der Waals surface area contributed by atoms with Crippen LogP contribution in [-0.2, 0) is 27.4 Å². The number of nitrogens with zero attached hydrogens (tertiary/aromatic N) is 8. The number of pyridine rings is 1. The van der Waals surface area contributed by atoms with E-state index in [4.69, 9.17) is 29.2 Å². The van der Waals surface area contributed by atoms with Crippen LogP contribution in [0.5, 0.6) is 17.5 Å². The van der Waals surface area contributed by atoms with Crippen LogP contribution in [0.4, 0.5) is 10.2 Å². The summed E-state index contributed by atoms with van der Waals surface area (Å²) in [6.45, 7) is 12.5. The Labute approximate surface area is 475 Å². The molecule has 82 heavy (non-hydrogen) atoms. The van der Waals surface area contributed by atoms with E-state index in [0.717, 1.165) is 53.7 Å². The van der Waals surface area contributed by atoms with Crippen molar-refractivity contribution in [2.75, 3.05) is 37.7 Å². The number of aliphatic hydroxyl groups excluding tert-OH is 1. The second-order valence-electron chi connectivity index (χ2n) is 22.8. The molecule has 4 N–H and O–H groups in total. The fourth-order valence-electron chi connectivity index (χ4n) is 12.5. The Morgan fingerprint density at radius 1 is 0.890 bits per heavy atom. The Morgan fingerprint density at radius 3 is 2.37 bits per heavy atom. The number of benzene rings is 5. The first kappa shape index (κ1) is 54.5. The lowest BCUT2D eigenvalue weighted by atomic mass is 9.94. The number of amides is 2. The summed E-state index contributed by atoms with van der Waals surface area (Å²) in [7, 11) is 0. The van der Waals surface area contributed by atoms with Crippen LogP contribution in [0.25, 0.3) is 55.3 Å². The average Bonchev–Trinajstić information content (AvgIpc) is 4.41. The topological polar surface area (TPSA) is 202 Å². The largest absolute Gasteiger partial charge is 0.508 e. The standard InChI is InChI=1S/C64H69FN10O7/c1-6-49-53(65)22-19-43-27-46(76)28-51(56(43)49)57-60(58-52(30-66-57)61(73-31-44-20-21-45(32-73)68-44)70-64(69-58)82-48-23-25-80-26-24-48)81-35-39-11-13-42(14-12-39)54-34-75(72-71-54)59(36(2)3)63(79)74-33-47(77)29-55(74)62(78)67-38(5)40-15-17-41(18-16-40)50-10-8-7-9-37(50)4/h7-19,22,27-28,30,34,36,38,44-45,47-48,55,59,68,76-77H,6,20-21,23-26,29,31-33,35H2,1-5H3,(H,67,78)/t38-,44?,45?,47+,55-,59-/m0/s1. The Hall–Kier alpha value is -8.06. The van der Waals surface area contributed by atoms with Gasteiger partial charge in [-0.1, -0.05) is 105 Å². The lowest BCUT2D eigenvalue weighted by Gasteiger charge is -2.34. The number of carbonyl (C=O) groups is 2. The van der Waals surface area contributed by atoms with Crippen molar-refractivity contribution in [1.82, 2.24) is 45.5 Å². The third-order valence-corrected chi connectivity index (χ3v) is 16.8. The second kappa shape index (κ2) is 23.1. The molecule has 4 aliphatic heterocycles. The molecule has 5 aromatic carbocycles. The Balaban J connectivity index is 0.816. The molecule has 4 saturated heterocycles. The van der Waals surface area contributed by atoms with Gasteiger partial charge in [-0.25, -0.2) is 9.07 Å². The molecule has 3 aromatic heterocycles. The number of anilines is 1. The SMILES string of the molecule is CCc1c(F)ccc2cc(O)cc(-c3ncc4c(N5CC6CCC(C5)N6)nc(OC5CCOCC5)nc4c3OCc3ccc(-c4cn([C@H](C(=O)N5C[C@H](O)C[C@H]5C(=O)N[C@@H](C)c5ccc(-c6ccccc6C)cc5)C(C)C)nn4)cc3)c12. The van der Waals surface area contributed by atoms with Crippen molar-refractivity contribution in [1.29, 1.82) is 0 Å². The van der Waals surface area contributed by atoms with Crippen LogP contribution in [0.15, 0.2) is 109 Å². The zero-order valence-electron chi connectivity index (χ0n) is 46.9. The molecule has 18 heteroatoms. The number of likely N-dealkylation sites (tertiary alicyclic amines) is 1. The molecule has 17 nitrogen and oxygen atoms in total. The first-order chi connectivity index (χ1) is 39.8. The van der Waals surface area contributed by atoms with Gasteiger partial charge in [-0.05, 0) is 101 Å². The Kier molecular flexibility index (Phi) is 15.3. The molecular formula is C64H69FN10O7. The summed E-state index contributed by atoms with van der Waals surface area (Å²) in [5, 5.41) is 39.9. The number of hydrogen-bond acceptors (Lipinski definition) is 14. The summed E-state index contributed by atoms with van der Waals surface area (Å²) in [5.74, 6) is -0.254. The summed E-state index contributed by atoms with van der Waals surface area (Å²) in [5.41, 5.74) is 8.23. The molecule has 0 radical (unpaired) electrons. The van der Waals surface area contributed by atoms with Gasteiger partial charge in [-0.15, -0.1) is 5.10 Å². The number of aryl methyl sites for hydroxylation is 2. The fourth-order valence-corrected chi connectivity index (χ4v) is 12.5. The monoisotopic (exact) mass is 1110 g/mol. The third kappa shape index (κ3) is 10.9. The van der Waals surface area contributed by atoms with Gasteiger partial charge in [0.1, 0.15) is 59.1 Å². The minimum Gasteiger partial charge on any atom is -0.508 e. The van der Waals surface area contributed by atoms with Crippen molar-refractivity contribution in [2.45, 2.75) is 122 Å². The fraction of sp³-hybridized carbons (Fsp3) is 0.391. The summed E-state index contributed by atoms with van der Waals surface area (Å²) in [6.07, 6.45) is 6.52. The number of hydrogen-bond donors (Lipinski definition) is 4. The number of fused-ring (bicyclic) bond motifs is 4. The van der Waals surface area contributed by atoms with Crippen molar-refractivity contribution in [3.05, 3.63) is 138 Å². The number of nitrogens with one attached hydrogen (secondary N) is 2. The summed E-state index contributed by atoms with van der Waals surface area (Å²) >= 11 is 0. The molecule has 2 unspecified atom stereocenters. The smallest absolute Gasteiger partial charge is 0.319 e. The first-order valence-electron chi connectivity index (χ1n) is 28.8. The molecule has 4 fully saturated rings. The lowest BCUT2D eigenvalue weighted by Crippen LogP contribution is -2.51. The Bertz CT molecular complexity index is 3650. The highest BCUT2D eigenvalue weighted by atomic mass is 19.1. The highest BCUT2D eigenvalue weighted by molar-refractivity contribution is 6.04. The number of rotatable bonds is 16. The van der Waals surface area contributed by atoms with Crippen LogP contribution >= 0.6 is 0 Å². The number of aromatic hydroxyl groups is 1. The second-order valence-corrected chi connectivity index (χ2v) is 22.8. The number of phenolic OH excluding ortho intramolecular Hbond substituents is 1. The highest BCUT2D eigenvalue weighted by Crippen LogP contribution is 2.44. The molecule has 2 bridgehead atoms. The van der Waals surface area contributed by atoms with Gasteiger partial charge in [0, 0.05) is 68.3 Å². The van der Waals surface area contributed by atoms with E-state index < -0.39 is 18.2 Å². The maximum Gasteiger partial charge on any atom is 0.319 e. The molecule has 6 atom stereocenters. The molecule has 8 aromatic rings. The van der Waals surface area contributed by atoms with Crippen molar-refractivity contribution in [3.63, 3.8) is 0 Å². The minimum absolute atomic E-state index is 0.00673. The lowest BCUT2D eigenvalue weighted by molar-refractivity contribution is -0.142. The van der Waals surface area contributed by atoms with Gasteiger partial charge < -0.3 is 44.9 Å². The molecular weight excluding hydrogens is 1040 g/mol. The number of β-amino-alcohol motifs (C(OH)–C–C–N with tert-alkyl or cyclic N) is 1. The van der Waals surface area contributed by atoms with Crippen LogP contribution in [0, 0.1) is 18.7 Å². The predicted octanol–water partition coefficient (Wildman–Crippen LogP) is 9.60. The van der Waals surface area contributed by atoms with Crippen molar-refractivity contribution in [2.24, 2.45) is 5.92 Å². The van der Waals surface area contributed by atoms with Gasteiger partial charge in [0.05, 0.1) is 36.9 Å². The highest BCUT2D eigenvalue weighted by Gasteiger charge is 2.43. The zero-order valence-corrected chi connectivity index (χ0v) is 46.9. The molecule has 2 amide bonds. The van der Waals surface area contributed by atoms with Crippen molar-refractivity contribution in [3.8, 4) is 51.2 Å². The van der Waals surface area contributed by atoms with E-state index in [1.807, 2.05) is 88.4 Å². The molecule has 7 heterocycles. The van der Waals surface area contributed by atoms with Gasteiger partial charge in [0.15, 0.2) is 5.75 Å².